The summed E-state index contributed by atoms with van der Waals surface area (Å²) in [6.07, 6.45) is 0. The van der Waals surface area contributed by atoms with Crippen molar-refractivity contribution in [1.29, 1.82) is 0 Å². The van der Waals surface area contributed by atoms with Gasteiger partial charge in [-0.2, -0.15) is 0 Å². The molecule has 2 aromatic rings. The van der Waals surface area contributed by atoms with Crippen molar-refractivity contribution in [2.75, 3.05) is 38.1 Å². The number of nitrogens with zero attached hydrogens (tertiary/aromatic N) is 3. The first-order chi connectivity index (χ1) is 13.9. The molecule has 0 aliphatic carbocycles. The first-order valence-corrected chi connectivity index (χ1v) is 10.5. The maximum absolute atomic E-state index is 12.6. The molecular weight excluding hydrogens is 388 g/mol. The van der Waals surface area contributed by atoms with E-state index in [1.165, 1.54) is 29.6 Å². The van der Waals surface area contributed by atoms with Crippen LogP contribution in [0.15, 0.2) is 53.4 Å². The number of piperazine rings is 1. The number of likely N-dealkylation sites (N-methyl/N-ethyl adjacent to an activating group) is 1. The highest BCUT2D eigenvalue weighted by atomic mass is 32.2. The summed E-state index contributed by atoms with van der Waals surface area (Å²) in [6.45, 7) is 6.34. The van der Waals surface area contributed by atoms with Crippen LogP contribution in [-0.4, -0.2) is 54.2 Å². The second kappa shape index (κ2) is 9.76. The van der Waals surface area contributed by atoms with Crippen molar-refractivity contribution < 1.29 is 9.72 Å². The molecule has 1 atom stereocenters. The van der Waals surface area contributed by atoms with Crippen LogP contribution < -0.4 is 10.2 Å². The van der Waals surface area contributed by atoms with E-state index in [2.05, 4.69) is 34.3 Å². The number of non-ortho nitro benzene ring substituents is 1. The van der Waals surface area contributed by atoms with Gasteiger partial charge in [0.1, 0.15) is 0 Å². The molecule has 0 aromatic heterocycles. The van der Waals surface area contributed by atoms with E-state index in [-0.39, 0.29) is 16.8 Å². The molecule has 2 aromatic carbocycles. The van der Waals surface area contributed by atoms with Gasteiger partial charge in [0.05, 0.1) is 10.2 Å². The van der Waals surface area contributed by atoms with Crippen molar-refractivity contribution in [2.24, 2.45) is 0 Å². The number of carbonyl (C=O) groups is 1. The molecule has 1 amide bonds. The van der Waals surface area contributed by atoms with Crippen LogP contribution in [0, 0.1) is 10.1 Å². The summed E-state index contributed by atoms with van der Waals surface area (Å²) in [7, 11) is 2.13. The minimum absolute atomic E-state index is 0.0481. The number of hydrogen-bond donors (Lipinski definition) is 1. The zero-order valence-electron chi connectivity index (χ0n) is 16.7. The van der Waals surface area contributed by atoms with Gasteiger partial charge in [-0.05, 0) is 37.7 Å². The van der Waals surface area contributed by atoms with Crippen LogP contribution in [0.3, 0.4) is 0 Å². The van der Waals surface area contributed by atoms with Gasteiger partial charge < -0.3 is 15.1 Å². The summed E-state index contributed by atoms with van der Waals surface area (Å²) in [4.78, 5) is 28.4. The second-order valence-corrected chi connectivity index (χ2v) is 8.56. The Hall–Kier alpha value is -2.58. The van der Waals surface area contributed by atoms with E-state index >= 15 is 0 Å². The monoisotopic (exact) mass is 414 g/mol. The molecule has 1 unspecified atom stereocenters. The summed E-state index contributed by atoms with van der Waals surface area (Å²) < 4.78 is 0. The smallest absolute Gasteiger partial charge is 0.269 e. The molecular formula is C21H26N4O3S. The number of thioether (sulfide) groups is 1. The van der Waals surface area contributed by atoms with Crippen LogP contribution in [0.2, 0.25) is 0 Å². The first kappa shape index (κ1) is 21.1. The largest absolute Gasteiger partial charge is 0.369 e. The van der Waals surface area contributed by atoms with Gasteiger partial charge in [0.2, 0.25) is 5.91 Å². The molecule has 1 saturated heterocycles. The number of para-hydroxylation sites is 1. The van der Waals surface area contributed by atoms with Gasteiger partial charge in [0.25, 0.3) is 5.69 Å². The third-order valence-electron chi connectivity index (χ3n) is 5.02. The summed E-state index contributed by atoms with van der Waals surface area (Å²) in [5, 5.41) is 13.5. The summed E-state index contributed by atoms with van der Waals surface area (Å²) in [5.74, 6) is -0.0541. The first-order valence-electron chi connectivity index (χ1n) is 9.64. The van der Waals surface area contributed by atoms with E-state index in [4.69, 9.17) is 0 Å². The van der Waals surface area contributed by atoms with Crippen molar-refractivity contribution in [3.05, 3.63) is 64.2 Å². The predicted octanol–water partition coefficient (Wildman–Crippen LogP) is 3.14. The van der Waals surface area contributed by atoms with Crippen LogP contribution in [0.4, 0.5) is 11.4 Å². The molecule has 7 nitrogen and oxygen atoms in total. The number of anilines is 1. The fourth-order valence-electron chi connectivity index (χ4n) is 3.25. The number of amides is 1. The third kappa shape index (κ3) is 5.71. The number of nitrogens with one attached hydrogen (secondary N) is 1. The van der Waals surface area contributed by atoms with Crippen LogP contribution in [0.5, 0.6) is 0 Å². The van der Waals surface area contributed by atoms with E-state index in [1.54, 1.807) is 12.1 Å². The Morgan fingerprint density at radius 2 is 1.79 bits per heavy atom. The van der Waals surface area contributed by atoms with Crippen LogP contribution >= 0.6 is 11.8 Å². The van der Waals surface area contributed by atoms with Gasteiger partial charge in [-0.3, -0.25) is 14.9 Å². The predicted molar refractivity (Wildman–Crippen MR) is 116 cm³/mol. The van der Waals surface area contributed by atoms with Crippen LogP contribution in [0.1, 0.15) is 12.5 Å². The van der Waals surface area contributed by atoms with Gasteiger partial charge in [-0.25, -0.2) is 0 Å². The highest BCUT2D eigenvalue weighted by Crippen LogP contribution is 2.26. The highest BCUT2D eigenvalue weighted by molar-refractivity contribution is 8.00. The molecule has 154 valence electrons. The Kier molecular flexibility index (Phi) is 7.11. The van der Waals surface area contributed by atoms with Crippen molar-refractivity contribution >= 4 is 29.0 Å². The minimum Gasteiger partial charge on any atom is -0.369 e. The SMILES string of the molecule is CC(Sc1ccc([N+](=O)[O-])cc1)C(=O)NCc1ccccc1N1CCN(C)CC1. The van der Waals surface area contributed by atoms with Gasteiger partial charge >= 0.3 is 0 Å². The van der Waals surface area contributed by atoms with E-state index < -0.39 is 4.92 Å². The standard InChI is InChI=1S/C21H26N4O3S/c1-16(29-19-9-7-18(8-10-19)25(27)28)21(26)22-15-17-5-3-4-6-20(17)24-13-11-23(2)12-14-24/h3-10,16H,11-15H2,1-2H3,(H,22,26). The fourth-order valence-corrected chi connectivity index (χ4v) is 4.14. The van der Waals surface area contributed by atoms with Gasteiger partial charge in [0, 0.05) is 55.4 Å². The molecule has 1 heterocycles. The second-order valence-electron chi connectivity index (χ2n) is 7.15. The van der Waals surface area contributed by atoms with Gasteiger partial charge in [-0.1, -0.05) is 18.2 Å². The fraction of sp³-hybridized carbons (Fsp3) is 0.381. The van der Waals surface area contributed by atoms with Crippen molar-refractivity contribution in [3.8, 4) is 0 Å². The van der Waals surface area contributed by atoms with Crippen molar-refractivity contribution in [2.45, 2.75) is 23.6 Å². The lowest BCUT2D eigenvalue weighted by molar-refractivity contribution is -0.384. The van der Waals surface area contributed by atoms with E-state index in [0.717, 1.165) is 36.6 Å². The Morgan fingerprint density at radius 1 is 1.14 bits per heavy atom. The van der Waals surface area contributed by atoms with Crippen molar-refractivity contribution in [1.82, 2.24) is 10.2 Å². The summed E-state index contributed by atoms with van der Waals surface area (Å²) in [6, 6.07) is 14.5. The molecule has 8 heteroatoms. The van der Waals surface area contributed by atoms with Crippen LogP contribution in [0.25, 0.3) is 0 Å². The Balaban J connectivity index is 1.57. The maximum atomic E-state index is 12.6. The molecule has 1 aliphatic rings. The highest BCUT2D eigenvalue weighted by Gasteiger charge is 2.19. The molecule has 3 rings (SSSR count). The van der Waals surface area contributed by atoms with E-state index in [0.29, 0.717) is 6.54 Å². The Labute approximate surface area is 175 Å². The Morgan fingerprint density at radius 3 is 2.45 bits per heavy atom. The number of benzene rings is 2. The third-order valence-corrected chi connectivity index (χ3v) is 6.13. The molecule has 0 saturated carbocycles. The number of nitro benzene ring substituents is 1. The van der Waals surface area contributed by atoms with Crippen LogP contribution in [-0.2, 0) is 11.3 Å². The zero-order chi connectivity index (χ0) is 20.8. The number of rotatable bonds is 7. The van der Waals surface area contributed by atoms with Gasteiger partial charge in [-0.15, -0.1) is 11.8 Å². The maximum Gasteiger partial charge on any atom is 0.269 e. The van der Waals surface area contributed by atoms with E-state index in [1.807, 2.05) is 19.1 Å². The quantitative estimate of drug-likeness (QED) is 0.426. The average Bonchev–Trinajstić information content (AvgIpc) is 2.73. The normalized spacial score (nSPS) is 15.7. The van der Waals surface area contributed by atoms with E-state index in [9.17, 15) is 14.9 Å². The molecule has 29 heavy (non-hydrogen) atoms. The molecule has 1 aliphatic heterocycles. The zero-order valence-corrected chi connectivity index (χ0v) is 17.5. The molecule has 1 N–H and O–H groups in total. The summed E-state index contributed by atoms with van der Waals surface area (Å²) >= 11 is 1.39. The number of nitro groups is 1. The Bertz CT molecular complexity index is 851. The topological polar surface area (TPSA) is 78.7 Å². The lowest BCUT2D eigenvalue weighted by atomic mass is 10.1. The molecule has 1 fully saturated rings. The molecule has 0 spiro atoms. The average molecular weight is 415 g/mol. The molecule has 0 bridgehead atoms. The minimum atomic E-state index is -0.428. The lowest BCUT2D eigenvalue weighted by Gasteiger charge is -2.35. The van der Waals surface area contributed by atoms with Crippen molar-refractivity contribution in [3.63, 3.8) is 0 Å². The number of hydrogen-bond acceptors (Lipinski definition) is 6. The summed E-state index contributed by atoms with van der Waals surface area (Å²) in [5.41, 5.74) is 2.33. The molecule has 0 radical (unpaired) electrons. The lowest BCUT2D eigenvalue weighted by Crippen LogP contribution is -2.45. The number of carbonyl (C=O) groups excluding carboxylic acids is 1. The van der Waals surface area contributed by atoms with Gasteiger partial charge in [0.15, 0.2) is 0 Å².